The van der Waals surface area contributed by atoms with Crippen molar-refractivity contribution in [2.45, 2.75) is 50.4 Å². The molecule has 0 amide bonds. The molecule has 0 spiro atoms. The van der Waals surface area contributed by atoms with Gasteiger partial charge in [0.05, 0.1) is 76.9 Å². The Morgan fingerprint density at radius 3 is 1.29 bits per heavy atom. The molecular formula is C24H48O6S4. The Kier molecular flexibility index (Phi) is 23.9. The van der Waals surface area contributed by atoms with Gasteiger partial charge in [-0.15, -0.1) is 23.5 Å². The molecular weight excluding hydrogens is 513 g/mol. The highest BCUT2D eigenvalue weighted by Crippen LogP contribution is 2.30. The first-order valence-electron chi connectivity index (χ1n) is 12.6. The summed E-state index contributed by atoms with van der Waals surface area (Å²) in [6.07, 6.45) is 4.97. The predicted molar refractivity (Wildman–Crippen MR) is 152 cm³/mol. The zero-order valence-electron chi connectivity index (χ0n) is 21.2. The summed E-state index contributed by atoms with van der Waals surface area (Å²) < 4.78 is 34.0. The molecule has 204 valence electrons. The van der Waals surface area contributed by atoms with Gasteiger partial charge in [-0.05, 0) is 51.4 Å². The number of thiol groups is 2. The standard InChI is InChI=1S/C24H48O6S4/c1-21(33-17-13-27-9-7-25-11-15-31)29-19-23-3-5-24(6-4-23)20-30-22(2)34-18-14-28-10-8-26-12-16-32/h21-24,31-32H,3-20H2,1-2H3. The molecule has 6 nitrogen and oxygen atoms in total. The van der Waals surface area contributed by atoms with Crippen molar-refractivity contribution >= 4 is 48.8 Å². The maximum atomic E-state index is 6.08. The molecule has 0 aromatic carbocycles. The second-order valence-corrected chi connectivity index (χ2v) is 12.0. The average molecular weight is 561 g/mol. The van der Waals surface area contributed by atoms with Crippen LogP contribution in [0.1, 0.15) is 39.5 Å². The van der Waals surface area contributed by atoms with E-state index in [0.29, 0.717) is 51.5 Å². The summed E-state index contributed by atoms with van der Waals surface area (Å²) in [6, 6.07) is 0. The summed E-state index contributed by atoms with van der Waals surface area (Å²) in [7, 11) is 0. The van der Waals surface area contributed by atoms with Gasteiger partial charge in [-0.25, -0.2) is 0 Å². The first-order chi connectivity index (χ1) is 16.7. The molecule has 0 radical (unpaired) electrons. The third kappa shape index (κ3) is 20.2. The van der Waals surface area contributed by atoms with E-state index in [1.807, 2.05) is 23.5 Å². The summed E-state index contributed by atoms with van der Waals surface area (Å²) >= 11 is 11.9. The number of ether oxygens (including phenoxy) is 6. The van der Waals surface area contributed by atoms with E-state index in [-0.39, 0.29) is 10.9 Å². The maximum absolute atomic E-state index is 6.08. The van der Waals surface area contributed by atoms with Gasteiger partial charge in [0.2, 0.25) is 0 Å². The molecule has 1 aliphatic rings. The minimum Gasteiger partial charge on any atom is -0.378 e. The SMILES string of the molecule is CC(OCC1CCC(COC(C)SCCOCCOCCS)CC1)SCCOCCOCCS. The average Bonchev–Trinajstić information content (AvgIpc) is 2.85. The van der Waals surface area contributed by atoms with Crippen molar-refractivity contribution in [1.29, 1.82) is 0 Å². The van der Waals surface area contributed by atoms with Crippen LogP contribution in [0.5, 0.6) is 0 Å². The van der Waals surface area contributed by atoms with Gasteiger partial charge in [0.1, 0.15) is 0 Å². The Balaban J connectivity index is 1.92. The molecule has 0 aromatic rings. The molecule has 10 heteroatoms. The van der Waals surface area contributed by atoms with E-state index in [2.05, 4.69) is 39.1 Å². The molecule has 0 aromatic heterocycles. The van der Waals surface area contributed by atoms with Gasteiger partial charge in [0.25, 0.3) is 0 Å². The van der Waals surface area contributed by atoms with Crippen molar-refractivity contribution in [1.82, 2.24) is 0 Å². The molecule has 2 atom stereocenters. The monoisotopic (exact) mass is 560 g/mol. The predicted octanol–water partition coefficient (Wildman–Crippen LogP) is 4.91. The lowest BCUT2D eigenvalue weighted by atomic mass is 9.83. The number of rotatable bonds is 24. The van der Waals surface area contributed by atoms with Crippen molar-refractivity contribution in [3.8, 4) is 0 Å². The molecule has 0 N–H and O–H groups in total. The third-order valence-electron chi connectivity index (χ3n) is 5.48. The Labute approximate surface area is 227 Å². The Hall–Kier alpha value is 1.16. The summed E-state index contributed by atoms with van der Waals surface area (Å²) in [4.78, 5) is 0. The fourth-order valence-electron chi connectivity index (χ4n) is 3.52. The van der Waals surface area contributed by atoms with Gasteiger partial charge in [0.15, 0.2) is 0 Å². The first-order valence-corrected chi connectivity index (χ1v) is 16.0. The highest BCUT2D eigenvalue weighted by molar-refractivity contribution is 7.99. The van der Waals surface area contributed by atoms with Gasteiger partial charge in [-0.1, -0.05) is 0 Å². The van der Waals surface area contributed by atoms with Crippen molar-refractivity contribution in [3.63, 3.8) is 0 Å². The van der Waals surface area contributed by atoms with Crippen LogP contribution in [0.15, 0.2) is 0 Å². The lowest BCUT2D eigenvalue weighted by Gasteiger charge is -2.29. The second kappa shape index (κ2) is 24.5. The normalized spacial score (nSPS) is 20.5. The van der Waals surface area contributed by atoms with Crippen LogP contribution in [0.2, 0.25) is 0 Å². The molecule has 0 bridgehead atoms. The minimum atomic E-state index is 0.215. The number of hydrogen-bond donors (Lipinski definition) is 2. The Morgan fingerprint density at radius 2 is 0.941 bits per heavy atom. The van der Waals surface area contributed by atoms with Crippen LogP contribution < -0.4 is 0 Å². The van der Waals surface area contributed by atoms with Crippen LogP contribution in [0.4, 0.5) is 0 Å². The summed E-state index contributed by atoms with van der Waals surface area (Å²) in [5.74, 6) is 4.77. The lowest BCUT2D eigenvalue weighted by molar-refractivity contribution is 0.0416. The van der Waals surface area contributed by atoms with Crippen molar-refractivity contribution in [2.75, 3.05) is 89.1 Å². The summed E-state index contributed by atoms with van der Waals surface area (Å²) in [5.41, 5.74) is 0.431. The lowest BCUT2D eigenvalue weighted by Crippen LogP contribution is -2.24. The van der Waals surface area contributed by atoms with Crippen LogP contribution in [0.25, 0.3) is 0 Å². The zero-order chi connectivity index (χ0) is 24.7. The molecule has 0 aliphatic heterocycles. The van der Waals surface area contributed by atoms with E-state index in [0.717, 1.165) is 49.4 Å². The molecule has 1 fully saturated rings. The quantitative estimate of drug-likeness (QED) is 0.0981. The fourth-order valence-corrected chi connectivity index (χ4v) is 5.22. The first kappa shape index (κ1) is 33.2. The fraction of sp³-hybridized carbons (Fsp3) is 1.00. The molecule has 1 rings (SSSR count). The molecule has 0 saturated heterocycles. The smallest absolute Gasteiger partial charge is 0.1000 e. The molecule has 34 heavy (non-hydrogen) atoms. The maximum Gasteiger partial charge on any atom is 0.1000 e. The van der Waals surface area contributed by atoms with Crippen molar-refractivity contribution in [2.24, 2.45) is 11.8 Å². The second-order valence-electron chi connectivity index (χ2n) is 8.33. The molecule has 2 unspecified atom stereocenters. The van der Waals surface area contributed by atoms with E-state index >= 15 is 0 Å². The highest BCUT2D eigenvalue weighted by atomic mass is 32.2. The number of hydrogen-bond acceptors (Lipinski definition) is 10. The molecule has 1 aliphatic carbocycles. The van der Waals surface area contributed by atoms with Crippen molar-refractivity contribution in [3.05, 3.63) is 0 Å². The van der Waals surface area contributed by atoms with E-state index in [1.54, 1.807) is 0 Å². The van der Waals surface area contributed by atoms with E-state index < -0.39 is 0 Å². The number of thioether (sulfide) groups is 2. The van der Waals surface area contributed by atoms with E-state index in [9.17, 15) is 0 Å². The van der Waals surface area contributed by atoms with Crippen LogP contribution in [0.3, 0.4) is 0 Å². The minimum absolute atomic E-state index is 0.215. The van der Waals surface area contributed by atoms with Crippen LogP contribution in [-0.4, -0.2) is 100.0 Å². The third-order valence-corrected chi connectivity index (χ3v) is 7.86. The van der Waals surface area contributed by atoms with Gasteiger partial charge in [-0.3, -0.25) is 0 Å². The van der Waals surface area contributed by atoms with Crippen LogP contribution >= 0.6 is 48.8 Å². The summed E-state index contributed by atoms with van der Waals surface area (Å²) in [5, 5.41) is 0. The van der Waals surface area contributed by atoms with Gasteiger partial charge in [0, 0.05) is 23.0 Å². The topological polar surface area (TPSA) is 55.4 Å². The zero-order valence-corrected chi connectivity index (χ0v) is 24.6. The van der Waals surface area contributed by atoms with Crippen LogP contribution in [0, 0.1) is 11.8 Å². The molecule has 1 saturated carbocycles. The highest BCUT2D eigenvalue weighted by Gasteiger charge is 2.22. The Morgan fingerprint density at radius 1 is 0.588 bits per heavy atom. The van der Waals surface area contributed by atoms with E-state index in [4.69, 9.17) is 28.4 Å². The van der Waals surface area contributed by atoms with Gasteiger partial charge >= 0.3 is 0 Å². The van der Waals surface area contributed by atoms with Crippen LogP contribution in [-0.2, 0) is 28.4 Å². The largest absolute Gasteiger partial charge is 0.378 e. The summed E-state index contributed by atoms with van der Waals surface area (Å²) in [6.45, 7) is 11.4. The van der Waals surface area contributed by atoms with Crippen molar-refractivity contribution < 1.29 is 28.4 Å². The van der Waals surface area contributed by atoms with E-state index in [1.165, 1.54) is 25.7 Å². The van der Waals surface area contributed by atoms with Gasteiger partial charge in [-0.2, -0.15) is 25.3 Å². The molecule has 0 heterocycles. The Bertz CT molecular complexity index is 392. The van der Waals surface area contributed by atoms with Gasteiger partial charge < -0.3 is 28.4 Å².